The van der Waals surface area contributed by atoms with Crippen molar-refractivity contribution in [3.05, 3.63) is 60.7 Å². The van der Waals surface area contributed by atoms with E-state index >= 15 is 0 Å². The van der Waals surface area contributed by atoms with Crippen LogP contribution in [0, 0.1) is 0 Å². The Morgan fingerprint density at radius 1 is 0.840 bits per heavy atom. The Labute approximate surface area is 148 Å². The number of phenols is 2. The van der Waals surface area contributed by atoms with Crippen LogP contribution >= 0.6 is 11.3 Å². The molecule has 0 saturated carbocycles. The highest BCUT2D eigenvalue weighted by molar-refractivity contribution is 7.18. The van der Waals surface area contributed by atoms with E-state index in [-0.39, 0.29) is 11.5 Å². The van der Waals surface area contributed by atoms with E-state index in [0.717, 1.165) is 26.7 Å². The van der Waals surface area contributed by atoms with Gasteiger partial charge in [0, 0.05) is 17.5 Å². The number of benzene rings is 2. The maximum absolute atomic E-state index is 9.65. The summed E-state index contributed by atoms with van der Waals surface area (Å²) in [7, 11) is 1.85. The fourth-order valence-electron chi connectivity index (χ4n) is 2.64. The van der Waals surface area contributed by atoms with Crippen LogP contribution in [0.2, 0.25) is 0 Å². The Morgan fingerprint density at radius 3 is 2.20 bits per heavy atom. The van der Waals surface area contributed by atoms with Crippen LogP contribution in [-0.2, 0) is 7.05 Å². The number of hydrogen-bond donors (Lipinski definition) is 2. The predicted octanol–water partition coefficient (Wildman–Crippen LogP) is 4.29. The lowest BCUT2D eigenvalue weighted by molar-refractivity contribution is 0.475. The molecule has 2 aromatic carbocycles. The molecule has 124 valence electrons. The van der Waals surface area contributed by atoms with Crippen LogP contribution in [0.5, 0.6) is 11.5 Å². The van der Waals surface area contributed by atoms with E-state index in [1.54, 1.807) is 46.4 Å². The van der Waals surface area contributed by atoms with Crippen molar-refractivity contribution in [1.82, 2.24) is 14.8 Å². The predicted molar refractivity (Wildman–Crippen MR) is 98.5 cm³/mol. The van der Waals surface area contributed by atoms with Crippen LogP contribution in [0.4, 0.5) is 0 Å². The van der Waals surface area contributed by atoms with E-state index in [1.165, 1.54) is 0 Å². The van der Waals surface area contributed by atoms with Crippen LogP contribution in [0.15, 0.2) is 60.7 Å². The topological polar surface area (TPSA) is 71.2 Å². The van der Waals surface area contributed by atoms with Gasteiger partial charge in [0.25, 0.3) is 0 Å². The summed E-state index contributed by atoms with van der Waals surface area (Å²) in [5, 5.41) is 23.7. The molecule has 0 unspecified atom stereocenters. The lowest BCUT2D eigenvalue weighted by atomic mass is 10.2. The molecule has 0 fully saturated rings. The lowest BCUT2D eigenvalue weighted by Crippen LogP contribution is -1.92. The maximum Gasteiger partial charge on any atom is 0.181 e. The number of rotatable bonds is 3. The smallest absolute Gasteiger partial charge is 0.181 e. The van der Waals surface area contributed by atoms with Crippen molar-refractivity contribution in [1.29, 1.82) is 0 Å². The van der Waals surface area contributed by atoms with Gasteiger partial charge in [-0.25, -0.2) is 9.67 Å². The maximum atomic E-state index is 9.65. The van der Waals surface area contributed by atoms with Gasteiger partial charge in [-0.15, -0.1) is 11.3 Å². The first-order valence-electron chi connectivity index (χ1n) is 7.70. The molecule has 5 nitrogen and oxygen atoms in total. The molecule has 0 amide bonds. The third-order valence-corrected chi connectivity index (χ3v) is 4.95. The molecule has 4 rings (SSSR count). The standard InChI is InChI=1S/C19H15N3O2S/c1-22-19(20-18(21-22)13-5-3-7-15(24)11-13)17-9-8-16(25-17)12-4-2-6-14(23)10-12/h2-11,23-24H,1H3. The number of aromatic nitrogens is 3. The summed E-state index contributed by atoms with van der Waals surface area (Å²) in [6.07, 6.45) is 0. The summed E-state index contributed by atoms with van der Waals surface area (Å²) in [5.41, 5.74) is 1.73. The minimum Gasteiger partial charge on any atom is -0.508 e. The third kappa shape index (κ3) is 2.99. The van der Waals surface area contributed by atoms with E-state index in [9.17, 15) is 10.2 Å². The summed E-state index contributed by atoms with van der Waals surface area (Å²) in [5.74, 6) is 1.77. The monoisotopic (exact) mass is 349 g/mol. The van der Waals surface area contributed by atoms with Gasteiger partial charge < -0.3 is 10.2 Å². The fraction of sp³-hybridized carbons (Fsp3) is 0.0526. The molecule has 0 saturated heterocycles. The highest BCUT2D eigenvalue weighted by Crippen LogP contribution is 2.35. The van der Waals surface area contributed by atoms with Gasteiger partial charge in [0.2, 0.25) is 0 Å². The number of aryl methyl sites for hydroxylation is 1. The molecule has 2 N–H and O–H groups in total. The van der Waals surface area contributed by atoms with Gasteiger partial charge in [-0.05, 0) is 42.0 Å². The van der Waals surface area contributed by atoms with Gasteiger partial charge in [0.1, 0.15) is 11.5 Å². The molecule has 0 aliphatic heterocycles. The molecule has 0 aliphatic rings. The van der Waals surface area contributed by atoms with Gasteiger partial charge in [-0.1, -0.05) is 24.3 Å². The second-order valence-electron chi connectivity index (χ2n) is 5.65. The minimum absolute atomic E-state index is 0.189. The summed E-state index contributed by atoms with van der Waals surface area (Å²) >= 11 is 1.59. The zero-order valence-electron chi connectivity index (χ0n) is 13.4. The molecule has 0 spiro atoms. The summed E-state index contributed by atoms with van der Waals surface area (Å²) in [6.45, 7) is 0. The largest absolute Gasteiger partial charge is 0.508 e. The first-order chi connectivity index (χ1) is 12.1. The van der Waals surface area contributed by atoms with Gasteiger partial charge in [-0.3, -0.25) is 0 Å². The molecule has 0 aliphatic carbocycles. The van der Waals surface area contributed by atoms with Crippen molar-refractivity contribution in [3.8, 4) is 44.0 Å². The van der Waals surface area contributed by atoms with E-state index < -0.39 is 0 Å². The van der Waals surface area contributed by atoms with Crippen LogP contribution in [-0.4, -0.2) is 25.0 Å². The number of aromatic hydroxyl groups is 2. The van der Waals surface area contributed by atoms with Crippen molar-refractivity contribution in [2.75, 3.05) is 0 Å². The van der Waals surface area contributed by atoms with Crippen molar-refractivity contribution in [2.45, 2.75) is 0 Å². The molecular weight excluding hydrogens is 334 g/mol. The van der Waals surface area contributed by atoms with Crippen LogP contribution < -0.4 is 0 Å². The average molecular weight is 349 g/mol. The zero-order chi connectivity index (χ0) is 17.4. The SMILES string of the molecule is Cn1nc(-c2cccc(O)c2)nc1-c1ccc(-c2cccc(O)c2)s1. The van der Waals surface area contributed by atoms with Crippen molar-refractivity contribution < 1.29 is 10.2 Å². The third-order valence-electron chi connectivity index (χ3n) is 3.82. The second-order valence-corrected chi connectivity index (χ2v) is 6.73. The van der Waals surface area contributed by atoms with E-state index in [0.29, 0.717) is 5.82 Å². The molecule has 6 heteroatoms. The molecule has 2 heterocycles. The quantitative estimate of drug-likeness (QED) is 0.579. The number of hydrogen-bond acceptors (Lipinski definition) is 5. The molecule has 0 atom stereocenters. The summed E-state index contributed by atoms with van der Waals surface area (Å²) in [6, 6.07) is 18.1. The number of nitrogens with zero attached hydrogens (tertiary/aromatic N) is 3. The lowest BCUT2D eigenvalue weighted by Gasteiger charge is -1.98. The van der Waals surface area contributed by atoms with Crippen LogP contribution in [0.25, 0.3) is 32.5 Å². The Morgan fingerprint density at radius 2 is 1.48 bits per heavy atom. The van der Waals surface area contributed by atoms with E-state index in [2.05, 4.69) is 10.1 Å². The van der Waals surface area contributed by atoms with Crippen LogP contribution in [0.1, 0.15) is 0 Å². The fourth-order valence-corrected chi connectivity index (χ4v) is 3.66. The van der Waals surface area contributed by atoms with Gasteiger partial charge in [0.05, 0.1) is 4.88 Å². The van der Waals surface area contributed by atoms with Crippen molar-refractivity contribution in [2.24, 2.45) is 7.05 Å². The Balaban J connectivity index is 1.71. The first-order valence-corrected chi connectivity index (χ1v) is 8.52. The van der Waals surface area contributed by atoms with Crippen molar-refractivity contribution in [3.63, 3.8) is 0 Å². The van der Waals surface area contributed by atoms with Crippen molar-refractivity contribution >= 4 is 11.3 Å². The number of phenolic OH excluding ortho intramolecular Hbond substituents is 2. The molecule has 4 aromatic rings. The van der Waals surface area contributed by atoms with Gasteiger partial charge in [0.15, 0.2) is 11.6 Å². The second kappa shape index (κ2) is 6.07. The molecule has 0 radical (unpaired) electrons. The highest BCUT2D eigenvalue weighted by atomic mass is 32.1. The number of thiophene rings is 1. The molecule has 2 aromatic heterocycles. The van der Waals surface area contributed by atoms with E-state index in [4.69, 9.17) is 0 Å². The van der Waals surface area contributed by atoms with Gasteiger partial charge in [-0.2, -0.15) is 5.10 Å². The first kappa shape index (κ1) is 15.4. The Kier molecular flexibility index (Phi) is 3.74. The molecular formula is C19H15N3O2S. The van der Waals surface area contributed by atoms with E-state index in [1.807, 2.05) is 37.4 Å². The highest BCUT2D eigenvalue weighted by Gasteiger charge is 2.14. The summed E-state index contributed by atoms with van der Waals surface area (Å²) < 4.78 is 1.73. The van der Waals surface area contributed by atoms with Crippen LogP contribution in [0.3, 0.4) is 0 Å². The minimum atomic E-state index is 0.189. The normalized spacial score (nSPS) is 10.9. The Hall–Kier alpha value is -3.12. The Bertz CT molecular complexity index is 1050. The molecule has 25 heavy (non-hydrogen) atoms. The zero-order valence-corrected chi connectivity index (χ0v) is 14.2. The average Bonchev–Trinajstić information content (AvgIpc) is 3.21. The van der Waals surface area contributed by atoms with Gasteiger partial charge >= 0.3 is 0 Å². The summed E-state index contributed by atoms with van der Waals surface area (Å²) in [4.78, 5) is 6.65. The molecule has 0 bridgehead atoms.